The van der Waals surface area contributed by atoms with Crippen LogP contribution in [0.2, 0.25) is 0 Å². The lowest BCUT2D eigenvalue weighted by Crippen LogP contribution is -2.23. The fourth-order valence-electron chi connectivity index (χ4n) is 1.09. The standard InChI is InChI=1S/C11H15NO2/c1-3-6-12-11(14)9-5-4-8(2)10(13)7-9/h4-5,7,13H,3,6H2,1-2H3,(H,12,14). The molecule has 0 atom stereocenters. The lowest BCUT2D eigenvalue weighted by Gasteiger charge is -2.04. The minimum atomic E-state index is -0.137. The van der Waals surface area contributed by atoms with E-state index in [4.69, 9.17) is 0 Å². The summed E-state index contributed by atoms with van der Waals surface area (Å²) in [5.41, 5.74) is 1.28. The molecule has 0 heterocycles. The fourth-order valence-corrected chi connectivity index (χ4v) is 1.09. The lowest BCUT2D eigenvalue weighted by molar-refractivity contribution is 0.0953. The van der Waals surface area contributed by atoms with E-state index in [9.17, 15) is 9.90 Å². The van der Waals surface area contributed by atoms with E-state index in [-0.39, 0.29) is 11.7 Å². The van der Waals surface area contributed by atoms with Crippen LogP contribution in [0, 0.1) is 6.92 Å². The monoisotopic (exact) mass is 193 g/mol. The number of aromatic hydroxyl groups is 1. The van der Waals surface area contributed by atoms with E-state index in [1.54, 1.807) is 19.1 Å². The zero-order valence-corrected chi connectivity index (χ0v) is 8.50. The predicted molar refractivity (Wildman–Crippen MR) is 55.5 cm³/mol. The molecule has 1 amide bonds. The number of nitrogens with one attached hydrogen (secondary N) is 1. The number of rotatable bonds is 3. The molecule has 0 fully saturated rings. The van der Waals surface area contributed by atoms with Crippen molar-refractivity contribution in [3.05, 3.63) is 29.3 Å². The van der Waals surface area contributed by atoms with Gasteiger partial charge in [0.25, 0.3) is 5.91 Å². The molecule has 0 spiro atoms. The van der Waals surface area contributed by atoms with Gasteiger partial charge in [-0.3, -0.25) is 4.79 Å². The first-order chi connectivity index (χ1) is 6.65. The number of benzene rings is 1. The van der Waals surface area contributed by atoms with Gasteiger partial charge >= 0.3 is 0 Å². The molecule has 0 bridgehead atoms. The predicted octanol–water partition coefficient (Wildman–Crippen LogP) is 1.84. The van der Waals surface area contributed by atoms with Gasteiger partial charge in [-0.1, -0.05) is 13.0 Å². The van der Waals surface area contributed by atoms with Gasteiger partial charge in [0.2, 0.25) is 0 Å². The Kier molecular flexibility index (Phi) is 3.51. The number of phenolic OH excluding ortho intramolecular Hbond substituents is 1. The van der Waals surface area contributed by atoms with Crippen molar-refractivity contribution in [1.82, 2.24) is 5.32 Å². The van der Waals surface area contributed by atoms with Crippen LogP contribution in [0.3, 0.4) is 0 Å². The third kappa shape index (κ3) is 2.49. The summed E-state index contributed by atoms with van der Waals surface area (Å²) in [7, 11) is 0. The van der Waals surface area contributed by atoms with Crippen LogP contribution in [0.4, 0.5) is 0 Å². The van der Waals surface area contributed by atoms with E-state index in [0.29, 0.717) is 12.1 Å². The van der Waals surface area contributed by atoms with Gasteiger partial charge in [-0.2, -0.15) is 0 Å². The second-order valence-electron chi connectivity index (χ2n) is 3.26. The molecule has 0 saturated carbocycles. The van der Waals surface area contributed by atoms with Crippen molar-refractivity contribution in [2.24, 2.45) is 0 Å². The summed E-state index contributed by atoms with van der Waals surface area (Å²) in [6.45, 7) is 4.45. The molecule has 14 heavy (non-hydrogen) atoms. The first-order valence-corrected chi connectivity index (χ1v) is 4.73. The van der Waals surface area contributed by atoms with E-state index in [1.165, 1.54) is 6.07 Å². The fraction of sp³-hybridized carbons (Fsp3) is 0.364. The normalized spacial score (nSPS) is 9.86. The molecule has 0 aliphatic carbocycles. The number of phenols is 1. The Morgan fingerprint density at radius 3 is 2.79 bits per heavy atom. The van der Waals surface area contributed by atoms with Gasteiger partial charge in [0.1, 0.15) is 5.75 Å². The van der Waals surface area contributed by atoms with Crippen molar-refractivity contribution < 1.29 is 9.90 Å². The third-order valence-electron chi connectivity index (χ3n) is 2.01. The number of hydrogen-bond donors (Lipinski definition) is 2. The van der Waals surface area contributed by atoms with Gasteiger partial charge < -0.3 is 10.4 Å². The number of amides is 1. The zero-order chi connectivity index (χ0) is 10.6. The summed E-state index contributed by atoms with van der Waals surface area (Å²) < 4.78 is 0. The summed E-state index contributed by atoms with van der Waals surface area (Å²) in [5, 5.41) is 12.1. The highest BCUT2D eigenvalue weighted by Gasteiger charge is 2.05. The Morgan fingerprint density at radius 1 is 1.50 bits per heavy atom. The molecule has 0 unspecified atom stereocenters. The number of carbonyl (C=O) groups excluding carboxylic acids is 1. The average molecular weight is 193 g/mol. The van der Waals surface area contributed by atoms with Crippen molar-refractivity contribution in [1.29, 1.82) is 0 Å². The van der Waals surface area contributed by atoms with Crippen molar-refractivity contribution in [3.8, 4) is 5.75 Å². The van der Waals surface area contributed by atoms with Crippen LogP contribution in [0.15, 0.2) is 18.2 Å². The van der Waals surface area contributed by atoms with Gasteiger partial charge in [0.05, 0.1) is 0 Å². The molecular formula is C11H15NO2. The minimum Gasteiger partial charge on any atom is -0.508 e. The maximum atomic E-state index is 11.4. The lowest BCUT2D eigenvalue weighted by atomic mass is 10.1. The molecular weight excluding hydrogens is 178 g/mol. The highest BCUT2D eigenvalue weighted by Crippen LogP contribution is 2.17. The smallest absolute Gasteiger partial charge is 0.251 e. The van der Waals surface area contributed by atoms with Crippen LogP contribution in [0.25, 0.3) is 0 Å². The van der Waals surface area contributed by atoms with Crippen molar-refractivity contribution in [3.63, 3.8) is 0 Å². The Bertz CT molecular complexity index is 334. The van der Waals surface area contributed by atoms with Crippen molar-refractivity contribution in [2.45, 2.75) is 20.3 Å². The SMILES string of the molecule is CCCNC(=O)c1ccc(C)c(O)c1. The molecule has 0 radical (unpaired) electrons. The largest absolute Gasteiger partial charge is 0.508 e. The second kappa shape index (κ2) is 4.65. The molecule has 2 N–H and O–H groups in total. The van der Waals surface area contributed by atoms with E-state index in [2.05, 4.69) is 5.32 Å². The van der Waals surface area contributed by atoms with Crippen LogP contribution in [-0.4, -0.2) is 17.6 Å². The van der Waals surface area contributed by atoms with Crippen LogP contribution in [0.1, 0.15) is 29.3 Å². The summed E-state index contributed by atoms with van der Waals surface area (Å²) in [6, 6.07) is 4.93. The number of carbonyl (C=O) groups is 1. The summed E-state index contributed by atoms with van der Waals surface area (Å²) >= 11 is 0. The van der Waals surface area contributed by atoms with Gasteiger partial charge in [-0.05, 0) is 31.0 Å². The Balaban J connectivity index is 2.76. The first kappa shape index (κ1) is 10.6. The van der Waals surface area contributed by atoms with E-state index in [0.717, 1.165) is 12.0 Å². The van der Waals surface area contributed by atoms with Crippen molar-refractivity contribution >= 4 is 5.91 Å². The Labute approximate surface area is 83.8 Å². The third-order valence-corrected chi connectivity index (χ3v) is 2.01. The van der Waals surface area contributed by atoms with Crippen LogP contribution in [-0.2, 0) is 0 Å². The van der Waals surface area contributed by atoms with E-state index >= 15 is 0 Å². The topological polar surface area (TPSA) is 49.3 Å². The quantitative estimate of drug-likeness (QED) is 0.769. The highest BCUT2D eigenvalue weighted by molar-refractivity contribution is 5.94. The average Bonchev–Trinajstić information content (AvgIpc) is 2.18. The van der Waals surface area contributed by atoms with Gasteiger partial charge in [0.15, 0.2) is 0 Å². The van der Waals surface area contributed by atoms with Crippen LogP contribution >= 0.6 is 0 Å². The molecule has 0 aliphatic rings. The number of aryl methyl sites for hydroxylation is 1. The first-order valence-electron chi connectivity index (χ1n) is 4.73. The summed E-state index contributed by atoms with van der Waals surface area (Å²) in [6.07, 6.45) is 0.906. The van der Waals surface area contributed by atoms with Gasteiger partial charge in [0, 0.05) is 12.1 Å². The maximum Gasteiger partial charge on any atom is 0.251 e. The van der Waals surface area contributed by atoms with E-state index < -0.39 is 0 Å². The molecule has 1 rings (SSSR count). The molecule has 0 saturated heterocycles. The molecule has 76 valence electrons. The molecule has 3 heteroatoms. The summed E-state index contributed by atoms with van der Waals surface area (Å²) in [4.78, 5) is 11.4. The Morgan fingerprint density at radius 2 is 2.21 bits per heavy atom. The second-order valence-corrected chi connectivity index (χ2v) is 3.26. The summed E-state index contributed by atoms with van der Waals surface area (Å²) in [5.74, 6) is 0.0244. The van der Waals surface area contributed by atoms with Crippen LogP contribution < -0.4 is 5.32 Å². The molecule has 0 aliphatic heterocycles. The number of hydrogen-bond acceptors (Lipinski definition) is 2. The zero-order valence-electron chi connectivity index (χ0n) is 8.50. The molecule has 0 aromatic heterocycles. The van der Waals surface area contributed by atoms with Crippen LogP contribution in [0.5, 0.6) is 5.75 Å². The van der Waals surface area contributed by atoms with E-state index in [1.807, 2.05) is 6.92 Å². The maximum absolute atomic E-state index is 11.4. The minimum absolute atomic E-state index is 0.137. The molecule has 1 aromatic rings. The molecule has 1 aromatic carbocycles. The van der Waals surface area contributed by atoms with Gasteiger partial charge in [-0.15, -0.1) is 0 Å². The van der Waals surface area contributed by atoms with Gasteiger partial charge in [-0.25, -0.2) is 0 Å². The van der Waals surface area contributed by atoms with Crippen molar-refractivity contribution in [2.75, 3.05) is 6.54 Å². The Hall–Kier alpha value is -1.51. The molecule has 3 nitrogen and oxygen atoms in total. The highest BCUT2D eigenvalue weighted by atomic mass is 16.3.